The molecule has 22 heavy (non-hydrogen) atoms. The van der Waals surface area contributed by atoms with Crippen LogP contribution in [-0.4, -0.2) is 11.1 Å². The van der Waals surface area contributed by atoms with Crippen LogP contribution in [0.4, 0.5) is 0 Å². The van der Waals surface area contributed by atoms with E-state index in [4.69, 9.17) is 4.52 Å². The first-order chi connectivity index (χ1) is 10.7. The number of nitriles is 1. The van der Waals surface area contributed by atoms with E-state index in [0.29, 0.717) is 5.69 Å². The molecule has 5 heteroatoms. The Balaban J connectivity index is 2.15. The minimum atomic E-state index is -0.409. The van der Waals surface area contributed by atoms with Crippen molar-refractivity contribution in [3.63, 3.8) is 0 Å². The maximum absolute atomic E-state index is 12.3. The Morgan fingerprint density at radius 1 is 1.41 bits per heavy atom. The Hall–Kier alpha value is -2.87. The molecule has 0 aliphatic rings. The van der Waals surface area contributed by atoms with E-state index in [9.17, 15) is 10.1 Å². The van der Waals surface area contributed by atoms with Crippen molar-refractivity contribution in [2.75, 3.05) is 0 Å². The van der Waals surface area contributed by atoms with E-state index in [1.807, 2.05) is 36.4 Å². The quantitative estimate of drug-likeness (QED) is 0.655. The summed E-state index contributed by atoms with van der Waals surface area (Å²) >= 11 is 0. The standard InChI is InChI=1S/C17H17N3O2/c1-2-6-16(13-7-4-3-5-8-13)19-17(21)14(12-18)11-15-9-10-22-20-15/h3-5,7-11,16H,2,6H2,1H3,(H,19,21)/b14-11+. The summed E-state index contributed by atoms with van der Waals surface area (Å²) in [7, 11) is 0. The zero-order chi connectivity index (χ0) is 15.8. The number of nitrogens with zero attached hydrogens (tertiary/aromatic N) is 2. The first-order valence-corrected chi connectivity index (χ1v) is 7.12. The Bertz CT molecular complexity index is 670. The van der Waals surface area contributed by atoms with E-state index >= 15 is 0 Å². The van der Waals surface area contributed by atoms with Crippen molar-refractivity contribution in [2.24, 2.45) is 0 Å². The van der Waals surface area contributed by atoms with Gasteiger partial charge in [-0.05, 0) is 18.1 Å². The highest BCUT2D eigenvalue weighted by Crippen LogP contribution is 2.19. The van der Waals surface area contributed by atoms with Crippen molar-refractivity contribution in [3.05, 3.63) is 59.5 Å². The fraction of sp³-hybridized carbons (Fsp3) is 0.235. The van der Waals surface area contributed by atoms with Crippen LogP contribution in [0.3, 0.4) is 0 Å². The molecule has 0 aliphatic heterocycles. The fourth-order valence-corrected chi connectivity index (χ4v) is 2.12. The summed E-state index contributed by atoms with van der Waals surface area (Å²) in [6.07, 6.45) is 4.53. The van der Waals surface area contributed by atoms with Gasteiger partial charge in [0.25, 0.3) is 5.91 Å². The van der Waals surface area contributed by atoms with E-state index in [-0.39, 0.29) is 11.6 Å². The highest BCUT2D eigenvalue weighted by Gasteiger charge is 2.17. The van der Waals surface area contributed by atoms with Crippen molar-refractivity contribution < 1.29 is 9.32 Å². The van der Waals surface area contributed by atoms with Crippen molar-refractivity contribution in [3.8, 4) is 6.07 Å². The predicted molar refractivity (Wildman–Crippen MR) is 82.3 cm³/mol. The van der Waals surface area contributed by atoms with Gasteiger partial charge in [-0.3, -0.25) is 4.79 Å². The monoisotopic (exact) mass is 295 g/mol. The Morgan fingerprint density at radius 3 is 2.77 bits per heavy atom. The van der Waals surface area contributed by atoms with Gasteiger partial charge in [0, 0.05) is 6.07 Å². The van der Waals surface area contributed by atoms with Crippen molar-refractivity contribution in [1.82, 2.24) is 10.5 Å². The number of benzene rings is 1. The summed E-state index contributed by atoms with van der Waals surface area (Å²) in [6.45, 7) is 2.05. The van der Waals surface area contributed by atoms with Gasteiger partial charge in [-0.25, -0.2) is 0 Å². The van der Waals surface area contributed by atoms with E-state index in [0.717, 1.165) is 18.4 Å². The molecule has 5 nitrogen and oxygen atoms in total. The second-order valence-corrected chi connectivity index (χ2v) is 4.82. The lowest BCUT2D eigenvalue weighted by Gasteiger charge is -2.18. The van der Waals surface area contributed by atoms with Gasteiger partial charge >= 0.3 is 0 Å². The molecule has 1 unspecified atom stereocenters. The number of carbonyl (C=O) groups is 1. The number of nitrogens with one attached hydrogen (secondary N) is 1. The Labute approximate surface area is 129 Å². The number of aromatic nitrogens is 1. The Kier molecular flexibility index (Phi) is 5.50. The number of carbonyl (C=O) groups excluding carboxylic acids is 1. The summed E-state index contributed by atoms with van der Waals surface area (Å²) < 4.78 is 4.69. The van der Waals surface area contributed by atoms with Crippen LogP contribution in [0.25, 0.3) is 6.08 Å². The minimum absolute atomic E-state index is 0.00549. The van der Waals surface area contributed by atoms with Gasteiger partial charge in [-0.15, -0.1) is 0 Å². The average molecular weight is 295 g/mol. The van der Waals surface area contributed by atoms with Crippen LogP contribution in [0.2, 0.25) is 0 Å². The largest absolute Gasteiger partial charge is 0.364 e. The molecule has 0 bridgehead atoms. The number of amides is 1. The second-order valence-electron chi connectivity index (χ2n) is 4.82. The zero-order valence-electron chi connectivity index (χ0n) is 12.3. The molecule has 0 fully saturated rings. The molecular weight excluding hydrogens is 278 g/mol. The molecular formula is C17H17N3O2. The molecule has 1 heterocycles. The zero-order valence-corrected chi connectivity index (χ0v) is 12.3. The molecule has 0 saturated heterocycles. The number of hydrogen-bond acceptors (Lipinski definition) is 4. The lowest BCUT2D eigenvalue weighted by Crippen LogP contribution is -2.29. The summed E-state index contributed by atoms with van der Waals surface area (Å²) in [5.74, 6) is -0.409. The molecule has 1 atom stereocenters. The van der Waals surface area contributed by atoms with Crippen LogP contribution >= 0.6 is 0 Å². The topological polar surface area (TPSA) is 78.9 Å². The maximum atomic E-state index is 12.3. The third-order valence-corrected chi connectivity index (χ3v) is 3.20. The summed E-state index contributed by atoms with van der Waals surface area (Å²) in [4.78, 5) is 12.3. The van der Waals surface area contributed by atoms with Crippen LogP contribution in [0.15, 0.2) is 52.8 Å². The van der Waals surface area contributed by atoms with E-state index in [1.54, 1.807) is 6.07 Å². The van der Waals surface area contributed by atoms with Crippen molar-refractivity contribution in [2.45, 2.75) is 25.8 Å². The first kappa shape index (κ1) is 15.5. The molecule has 1 N–H and O–H groups in total. The fourth-order valence-electron chi connectivity index (χ4n) is 2.12. The van der Waals surface area contributed by atoms with Gasteiger partial charge in [0.15, 0.2) is 0 Å². The summed E-state index contributed by atoms with van der Waals surface area (Å²) in [5.41, 5.74) is 1.47. The van der Waals surface area contributed by atoms with Crippen molar-refractivity contribution >= 4 is 12.0 Å². The van der Waals surface area contributed by atoms with Gasteiger partial charge in [-0.1, -0.05) is 48.8 Å². The third-order valence-electron chi connectivity index (χ3n) is 3.20. The Morgan fingerprint density at radius 2 is 2.18 bits per heavy atom. The van der Waals surface area contributed by atoms with E-state index < -0.39 is 5.91 Å². The van der Waals surface area contributed by atoms with E-state index in [2.05, 4.69) is 17.4 Å². The molecule has 0 saturated carbocycles. The lowest BCUT2D eigenvalue weighted by atomic mass is 10.0. The van der Waals surface area contributed by atoms with Gasteiger partial charge in [0.2, 0.25) is 0 Å². The smallest absolute Gasteiger partial charge is 0.262 e. The molecule has 112 valence electrons. The van der Waals surface area contributed by atoms with Gasteiger partial charge in [-0.2, -0.15) is 5.26 Å². The van der Waals surface area contributed by atoms with Crippen LogP contribution in [-0.2, 0) is 4.79 Å². The number of hydrogen-bond donors (Lipinski definition) is 1. The first-order valence-electron chi connectivity index (χ1n) is 7.12. The van der Waals surface area contributed by atoms with Crippen LogP contribution < -0.4 is 5.32 Å². The maximum Gasteiger partial charge on any atom is 0.262 e. The van der Waals surface area contributed by atoms with Gasteiger partial charge in [0.1, 0.15) is 23.6 Å². The minimum Gasteiger partial charge on any atom is -0.364 e. The lowest BCUT2D eigenvalue weighted by molar-refractivity contribution is -0.117. The molecule has 1 aromatic heterocycles. The highest BCUT2D eigenvalue weighted by atomic mass is 16.5. The molecule has 0 spiro atoms. The normalized spacial score (nSPS) is 12.5. The molecule has 1 amide bonds. The molecule has 1 aromatic carbocycles. The van der Waals surface area contributed by atoms with Crippen molar-refractivity contribution in [1.29, 1.82) is 5.26 Å². The van der Waals surface area contributed by atoms with Gasteiger partial charge < -0.3 is 9.84 Å². The molecule has 2 rings (SSSR count). The summed E-state index contributed by atoms with van der Waals surface area (Å²) in [5, 5.41) is 15.8. The highest BCUT2D eigenvalue weighted by molar-refractivity contribution is 6.01. The summed E-state index contributed by atoms with van der Waals surface area (Å²) in [6, 6.07) is 13.1. The van der Waals surface area contributed by atoms with Crippen LogP contribution in [0.1, 0.15) is 37.1 Å². The van der Waals surface area contributed by atoms with Crippen LogP contribution in [0.5, 0.6) is 0 Å². The van der Waals surface area contributed by atoms with Crippen LogP contribution in [0, 0.1) is 11.3 Å². The predicted octanol–water partition coefficient (Wildman–Crippen LogP) is 3.24. The van der Waals surface area contributed by atoms with Gasteiger partial charge in [0.05, 0.1) is 6.04 Å². The average Bonchev–Trinajstić information content (AvgIpc) is 3.06. The third kappa shape index (κ3) is 4.06. The molecule has 2 aromatic rings. The molecule has 0 aliphatic carbocycles. The SMILES string of the molecule is CCCC(NC(=O)/C(C#N)=C/c1ccon1)c1ccccc1. The molecule has 0 radical (unpaired) electrons. The van der Waals surface area contributed by atoms with E-state index in [1.165, 1.54) is 12.3 Å². The number of rotatable bonds is 6. The second kappa shape index (κ2) is 7.79.